The van der Waals surface area contributed by atoms with Gasteiger partial charge in [-0.1, -0.05) is 36.9 Å². The molecule has 0 bridgehead atoms. The smallest absolute Gasteiger partial charge is 0.119 e. The van der Waals surface area contributed by atoms with Crippen LogP contribution in [0.2, 0.25) is 0 Å². The minimum atomic E-state index is 0.579. The van der Waals surface area contributed by atoms with Gasteiger partial charge in [0.1, 0.15) is 12.4 Å². The minimum Gasteiger partial charge on any atom is -0.489 e. The maximum Gasteiger partial charge on any atom is 0.119 e. The highest BCUT2D eigenvalue weighted by molar-refractivity contribution is 5.62. The van der Waals surface area contributed by atoms with Gasteiger partial charge in [-0.15, -0.1) is 0 Å². The molecular weight excluding hydrogens is 260 g/mol. The van der Waals surface area contributed by atoms with Crippen molar-refractivity contribution >= 4 is 5.70 Å². The van der Waals surface area contributed by atoms with Crippen LogP contribution in [-0.2, 0) is 6.61 Å². The Labute approximate surface area is 126 Å². The number of hydrogen-bond acceptors (Lipinski definition) is 3. The van der Waals surface area contributed by atoms with E-state index in [4.69, 9.17) is 10.5 Å². The Morgan fingerprint density at radius 1 is 1.05 bits per heavy atom. The second-order valence-electron chi connectivity index (χ2n) is 4.85. The Morgan fingerprint density at radius 2 is 1.76 bits per heavy atom. The monoisotopic (exact) mass is 282 g/mol. The lowest BCUT2D eigenvalue weighted by molar-refractivity contribution is 0.306. The van der Waals surface area contributed by atoms with Gasteiger partial charge in [-0.05, 0) is 48.4 Å². The lowest BCUT2D eigenvalue weighted by Crippen LogP contribution is -2.16. The summed E-state index contributed by atoms with van der Waals surface area (Å²) in [5, 5.41) is 3.26. The van der Waals surface area contributed by atoms with Crippen LogP contribution in [0.4, 0.5) is 0 Å². The van der Waals surface area contributed by atoms with E-state index in [1.54, 1.807) is 0 Å². The molecule has 0 fully saturated rings. The standard InChI is InChI=1S/C18H22N2O/c1-15(20-13-5-12-19)17-8-10-18(11-9-17)21-14-16-6-3-2-4-7-16/h2-4,6-11,20H,1,5,12-14,19H2. The SMILES string of the molecule is C=C(NCCCN)c1ccc(OCc2ccccc2)cc1. The van der Waals surface area contributed by atoms with Gasteiger partial charge < -0.3 is 15.8 Å². The highest BCUT2D eigenvalue weighted by Gasteiger charge is 2.00. The van der Waals surface area contributed by atoms with Crippen LogP contribution in [0.15, 0.2) is 61.2 Å². The largest absolute Gasteiger partial charge is 0.489 e. The molecule has 0 aliphatic carbocycles. The van der Waals surface area contributed by atoms with Gasteiger partial charge in [-0.2, -0.15) is 0 Å². The Balaban J connectivity index is 1.85. The zero-order valence-corrected chi connectivity index (χ0v) is 12.2. The molecule has 2 aromatic carbocycles. The van der Waals surface area contributed by atoms with Crippen molar-refractivity contribution in [2.45, 2.75) is 13.0 Å². The van der Waals surface area contributed by atoms with Crippen LogP contribution in [0.25, 0.3) is 5.70 Å². The first-order valence-electron chi connectivity index (χ1n) is 7.19. The number of benzene rings is 2. The van der Waals surface area contributed by atoms with Gasteiger partial charge in [-0.25, -0.2) is 0 Å². The van der Waals surface area contributed by atoms with Gasteiger partial charge >= 0.3 is 0 Å². The third-order valence-electron chi connectivity index (χ3n) is 3.17. The van der Waals surface area contributed by atoms with Crippen molar-refractivity contribution < 1.29 is 4.74 Å². The summed E-state index contributed by atoms with van der Waals surface area (Å²) < 4.78 is 5.76. The second-order valence-corrected chi connectivity index (χ2v) is 4.85. The molecule has 0 heterocycles. The van der Waals surface area contributed by atoms with Gasteiger partial charge in [0.15, 0.2) is 0 Å². The van der Waals surface area contributed by atoms with Crippen LogP contribution in [0.1, 0.15) is 17.5 Å². The average molecular weight is 282 g/mol. The number of nitrogens with two attached hydrogens (primary N) is 1. The first kappa shape index (κ1) is 15.1. The number of nitrogens with one attached hydrogen (secondary N) is 1. The quantitative estimate of drug-likeness (QED) is 0.731. The summed E-state index contributed by atoms with van der Waals surface area (Å²) in [5.74, 6) is 0.859. The van der Waals surface area contributed by atoms with Crippen LogP contribution in [0, 0.1) is 0 Å². The lowest BCUT2D eigenvalue weighted by Gasteiger charge is -2.11. The molecule has 0 atom stereocenters. The fourth-order valence-electron chi connectivity index (χ4n) is 1.94. The summed E-state index contributed by atoms with van der Waals surface area (Å²) >= 11 is 0. The van der Waals surface area contributed by atoms with E-state index in [1.165, 1.54) is 0 Å². The predicted molar refractivity (Wildman–Crippen MR) is 87.9 cm³/mol. The molecule has 2 rings (SSSR count). The first-order chi connectivity index (χ1) is 10.3. The van der Waals surface area contributed by atoms with Gasteiger partial charge in [0.05, 0.1) is 0 Å². The summed E-state index contributed by atoms with van der Waals surface area (Å²) in [4.78, 5) is 0. The summed E-state index contributed by atoms with van der Waals surface area (Å²) in [6, 6.07) is 18.1. The topological polar surface area (TPSA) is 47.3 Å². The minimum absolute atomic E-state index is 0.579. The molecule has 0 saturated carbocycles. The van der Waals surface area contributed by atoms with Gasteiger partial charge in [0.2, 0.25) is 0 Å². The van der Waals surface area contributed by atoms with E-state index in [9.17, 15) is 0 Å². The zero-order chi connectivity index (χ0) is 14.9. The fraction of sp³-hybridized carbons (Fsp3) is 0.222. The number of rotatable bonds is 8. The Kier molecular flexibility index (Phi) is 5.85. The molecule has 110 valence electrons. The molecule has 3 nitrogen and oxygen atoms in total. The molecule has 3 N–H and O–H groups in total. The van der Waals surface area contributed by atoms with Crippen molar-refractivity contribution in [3.05, 3.63) is 72.3 Å². The number of ether oxygens (including phenoxy) is 1. The molecule has 3 heteroatoms. The van der Waals surface area contributed by atoms with E-state index in [-0.39, 0.29) is 0 Å². The van der Waals surface area contributed by atoms with E-state index >= 15 is 0 Å². The molecule has 0 unspecified atom stereocenters. The summed E-state index contributed by atoms with van der Waals surface area (Å²) in [7, 11) is 0. The van der Waals surface area contributed by atoms with E-state index in [2.05, 4.69) is 24.0 Å². The van der Waals surface area contributed by atoms with Crippen LogP contribution in [-0.4, -0.2) is 13.1 Å². The van der Waals surface area contributed by atoms with Crippen molar-refractivity contribution in [2.24, 2.45) is 5.73 Å². The first-order valence-corrected chi connectivity index (χ1v) is 7.19. The fourth-order valence-corrected chi connectivity index (χ4v) is 1.94. The van der Waals surface area contributed by atoms with Crippen molar-refractivity contribution in [1.82, 2.24) is 5.32 Å². The van der Waals surface area contributed by atoms with Crippen molar-refractivity contribution in [1.29, 1.82) is 0 Å². The highest BCUT2D eigenvalue weighted by Crippen LogP contribution is 2.17. The van der Waals surface area contributed by atoms with Crippen LogP contribution in [0.5, 0.6) is 5.75 Å². The van der Waals surface area contributed by atoms with E-state index in [1.807, 2.05) is 42.5 Å². The normalized spacial score (nSPS) is 10.1. The molecule has 0 saturated heterocycles. The van der Waals surface area contributed by atoms with E-state index in [0.717, 1.165) is 35.5 Å². The molecule has 0 radical (unpaired) electrons. The lowest BCUT2D eigenvalue weighted by atomic mass is 10.1. The third kappa shape index (κ3) is 4.97. The molecule has 0 amide bonds. The van der Waals surface area contributed by atoms with Gasteiger partial charge in [-0.3, -0.25) is 0 Å². The maximum atomic E-state index is 5.76. The zero-order valence-electron chi connectivity index (χ0n) is 12.2. The average Bonchev–Trinajstić information content (AvgIpc) is 2.54. The highest BCUT2D eigenvalue weighted by atomic mass is 16.5. The number of hydrogen-bond donors (Lipinski definition) is 2. The summed E-state index contributed by atoms with van der Waals surface area (Å²) in [6.07, 6.45) is 0.942. The molecule has 21 heavy (non-hydrogen) atoms. The van der Waals surface area contributed by atoms with Crippen molar-refractivity contribution in [3.63, 3.8) is 0 Å². The Morgan fingerprint density at radius 3 is 2.43 bits per heavy atom. The van der Waals surface area contributed by atoms with Crippen LogP contribution in [0.3, 0.4) is 0 Å². The molecule has 0 spiro atoms. The van der Waals surface area contributed by atoms with Gasteiger partial charge in [0, 0.05) is 12.2 Å². The third-order valence-corrected chi connectivity index (χ3v) is 3.17. The summed E-state index contributed by atoms with van der Waals surface area (Å²) in [6.45, 7) is 6.14. The maximum absolute atomic E-state index is 5.76. The Bertz CT molecular complexity index is 549. The Hall–Kier alpha value is -2.26. The van der Waals surface area contributed by atoms with Crippen molar-refractivity contribution in [3.8, 4) is 5.75 Å². The molecule has 0 aliphatic heterocycles. The molecule has 0 aliphatic rings. The second kappa shape index (κ2) is 8.12. The van der Waals surface area contributed by atoms with Crippen LogP contribution < -0.4 is 15.8 Å². The molecule has 2 aromatic rings. The van der Waals surface area contributed by atoms with Gasteiger partial charge in [0.25, 0.3) is 0 Å². The molecular formula is C18H22N2O. The van der Waals surface area contributed by atoms with E-state index < -0.39 is 0 Å². The predicted octanol–water partition coefficient (Wildman–Crippen LogP) is 3.17. The van der Waals surface area contributed by atoms with Crippen molar-refractivity contribution in [2.75, 3.05) is 13.1 Å². The molecule has 0 aromatic heterocycles. The van der Waals surface area contributed by atoms with Crippen LogP contribution >= 0.6 is 0 Å². The summed E-state index contributed by atoms with van der Waals surface area (Å²) in [5.41, 5.74) is 8.61. The van der Waals surface area contributed by atoms with E-state index in [0.29, 0.717) is 13.2 Å².